The van der Waals surface area contributed by atoms with Crippen LogP contribution in [0.2, 0.25) is 0 Å². The van der Waals surface area contributed by atoms with E-state index in [0.717, 1.165) is 19.3 Å². The summed E-state index contributed by atoms with van der Waals surface area (Å²) in [6, 6.07) is 4.67. The van der Waals surface area contributed by atoms with Crippen LogP contribution in [0, 0.1) is 0 Å². The molecule has 0 saturated heterocycles. The number of anilines is 2. The molecule has 0 aliphatic heterocycles. The summed E-state index contributed by atoms with van der Waals surface area (Å²) >= 11 is 0. The van der Waals surface area contributed by atoms with Gasteiger partial charge in [-0.3, -0.25) is 0 Å². The van der Waals surface area contributed by atoms with Gasteiger partial charge in [0.15, 0.2) is 0 Å². The first-order valence-corrected chi connectivity index (χ1v) is 7.27. The van der Waals surface area contributed by atoms with Gasteiger partial charge >= 0.3 is 0 Å². The first-order chi connectivity index (χ1) is 8.46. The van der Waals surface area contributed by atoms with Gasteiger partial charge < -0.3 is 16.2 Å². The number of nitrogens with one attached hydrogen (secondary N) is 1. The van der Waals surface area contributed by atoms with Gasteiger partial charge in [0, 0.05) is 13.2 Å². The lowest BCUT2D eigenvalue weighted by Crippen LogP contribution is -2.15. The number of hydrogen-bond acceptors (Lipinski definition) is 5. The van der Waals surface area contributed by atoms with Crippen molar-refractivity contribution in [2.45, 2.75) is 24.2 Å². The minimum Gasteiger partial charge on any atom is -0.396 e. The first kappa shape index (κ1) is 14.7. The number of unbranched alkanes of at least 4 members (excludes halogenated alkanes) is 2. The van der Waals surface area contributed by atoms with Gasteiger partial charge in [0.2, 0.25) is 10.0 Å². The van der Waals surface area contributed by atoms with Gasteiger partial charge in [0.1, 0.15) is 4.90 Å². The highest BCUT2D eigenvalue weighted by atomic mass is 32.2. The number of sulfonamides is 1. The maximum absolute atomic E-state index is 11.3. The standard InChI is InChI=1S/C11H19N3O3S/c12-11-9(14-7-2-1-3-8-15)5-4-6-10(11)18(13,16)17/h4-6,14-15H,1-3,7-8,12H2,(H2,13,16,17). The monoisotopic (exact) mass is 273 g/mol. The normalized spacial score (nSPS) is 11.4. The molecule has 0 radical (unpaired) electrons. The summed E-state index contributed by atoms with van der Waals surface area (Å²) in [7, 11) is -3.79. The van der Waals surface area contributed by atoms with Crippen molar-refractivity contribution in [1.82, 2.24) is 0 Å². The molecule has 18 heavy (non-hydrogen) atoms. The number of nitrogen functional groups attached to an aromatic ring is 1. The van der Waals surface area contributed by atoms with Gasteiger partial charge in [0.25, 0.3) is 0 Å². The summed E-state index contributed by atoms with van der Waals surface area (Å²) in [6.07, 6.45) is 2.53. The Kier molecular flexibility index (Phi) is 5.39. The van der Waals surface area contributed by atoms with Crippen LogP contribution in [-0.2, 0) is 10.0 Å². The molecule has 0 fully saturated rings. The van der Waals surface area contributed by atoms with Crippen molar-refractivity contribution in [3.8, 4) is 0 Å². The predicted molar refractivity (Wildman–Crippen MR) is 71.7 cm³/mol. The molecule has 1 aromatic rings. The molecule has 6 N–H and O–H groups in total. The minimum absolute atomic E-state index is 0.0668. The molecule has 7 heteroatoms. The summed E-state index contributed by atoms with van der Waals surface area (Å²) < 4.78 is 22.5. The molecule has 1 aromatic carbocycles. The van der Waals surface area contributed by atoms with Crippen LogP contribution in [0.5, 0.6) is 0 Å². The Morgan fingerprint density at radius 1 is 1.22 bits per heavy atom. The third-order valence-electron chi connectivity index (χ3n) is 2.52. The second kappa shape index (κ2) is 6.58. The number of hydrogen-bond donors (Lipinski definition) is 4. The topological polar surface area (TPSA) is 118 Å². The fourth-order valence-electron chi connectivity index (χ4n) is 1.58. The number of primary sulfonamides is 1. The highest BCUT2D eigenvalue weighted by Gasteiger charge is 2.14. The zero-order valence-corrected chi connectivity index (χ0v) is 10.9. The lowest BCUT2D eigenvalue weighted by molar-refractivity contribution is 0.283. The van der Waals surface area contributed by atoms with Crippen LogP contribution < -0.4 is 16.2 Å². The van der Waals surface area contributed by atoms with E-state index in [1.807, 2.05) is 0 Å². The fourth-order valence-corrected chi connectivity index (χ4v) is 2.27. The van der Waals surface area contributed by atoms with Crippen molar-refractivity contribution in [1.29, 1.82) is 0 Å². The van der Waals surface area contributed by atoms with E-state index in [9.17, 15) is 8.42 Å². The van der Waals surface area contributed by atoms with Gasteiger partial charge in [0.05, 0.1) is 11.4 Å². The third-order valence-corrected chi connectivity index (χ3v) is 3.49. The predicted octanol–water partition coefficient (Wildman–Crippen LogP) is 0.491. The van der Waals surface area contributed by atoms with Crippen molar-refractivity contribution in [3.63, 3.8) is 0 Å². The van der Waals surface area contributed by atoms with Crippen LogP contribution >= 0.6 is 0 Å². The SMILES string of the molecule is Nc1c(NCCCCCO)cccc1S(N)(=O)=O. The first-order valence-electron chi connectivity index (χ1n) is 5.73. The van der Waals surface area contributed by atoms with Crippen LogP contribution in [0.25, 0.3) is 0 Å². The van der Waals surface area contributed by atoms with Gasteiger partial charge in [-0.15, -0.1) is 0 Å². The van der Waals surface area contributed by atoms with Crippen LogP contribution in [0.3, 0.4) is 0 Å². The van der Waals surface area contributed by atoms with Crippen LogP contribution in [0.4, 0.5) is 11.4 Å². The van der Waals surface area contributed by atoms with E-state index in [1.54, 1.807) is 12.1 Å². The Morgan fingerprint density at radius 2 is 1.94 bits per heavy atom. The molecule has 6 nitrogen and oxygen atoms in total. The maximum Gasteiger partial charge on any atom is 0.240 e. The van der Waals surface area contributed by atoms with Crippen molar-refractivity contribution < 1.29 is 13.5 Å². The Balaban J connectivity index is 2.67. The molecule has 0 aliphatic carbocycles. The molecule has 0 heterocycles. The molecule has 1 rings (SSSR count). The zero-order valence-electron chi connectivity index (χ0n) is 10.1. The molecule has 0 aromatic heterocycles. The van der Waals surface area contributed by atoms with Crippen LogP contribution in [0.15, 0.2) is 23.1 Å². The quantitative estimate of drug-likeness (QED) is 0.426. The van der Waals surface area contributed by atoms with E-state index in [0.29, 0.717) is 12.2 Å². The summed E-state index contributed by atoms with van der Waals surface area (Å²) in [5.74, 6) is 0. The highest BCUT2D eigenvalue weighted by Crippen LogP contribution is 2.25. The molecular formula is C11H19N3O3S. The van der Waals surface area contributed by atoms with Gasteiger partial charge in [-0.1, -0.05) is 6.07 Å². The lowest BCUT2D eigenvalue weighted by atomic mass is 10.2. The molecule has 0 atom stereocenters. The van der Waals surface area contributed by atoms with E-state index in [-0.39, 0.29) is 17.2 Å². The Labute approximate surface area is 107 Å². The number of nitrogens with two attached hydrogens (primary N) is 2. The molecular weight excluding hydrogens is 254 g/mol. The van der Waals surface area contributed by atoms with E-state index in [2.05, 4.69) is 5.32 Å². The Hall–Kier alpha value is -1.31. The largest absolute Gasteiger partial charge is 0.396 e. The number of para-hydroxylation sites is 1. The molecule has 0 saturated carbocycles. The minimum atomic E-state index is -3.79. The molecule has 102 valence electrons. The van der Waals surface area contributed by atoms with Crippen molar-refractivity contribution in [3.05, 3.63) is 18.2 Å². The Bertz CT molecular complexity index is 488. The average molecular weight is 273 g/mol. The molecule has 0 amide bonds. The molecule has 0 bridgehead atoms. The molecule has 0 aliphatic rings. The van der Waals surface area contributed by atoms with E-state index in [1.165, 1.54) is 6.07 Å². The summed E-state index contributed by atoms with van der Waals surface area (Å²) in [5, 5.41) is 16.7. The van der Waals surface area contributed by atoms with Crippen molar-refractivity contribution in [2.24, 2.45) is 5.14 Å². The lowest BCUT2D eigenvalue weighted by Gasteiger charge is -2.11. The number of aliphatic hydroxyl groups is 1. The van der Waals surface area contributed by atoms with Gasteiger partial charge in [-0.25, -0.2) is 13.6 Å². The van der Waals surface area contributed by atoms with Crippen LogP contribution in [0.1, 0.15) is 19.3 Å². The van der Waals surface area contributed by atoms with Crippen LogP contribution in [-0.4, -0.2) is 26.7 Å². The Morgan fingerprint density at radius 3 is 2.56 bits per heavy atom. The second-order valence-electron chi connectivity index (χ2n) is 3.97. The number of rotatable bonds is 7. The smallest absolute Gasteiger partial charge is 0.240 e. The van der Waals surface area contributed by atoms with E-state index >= 15 is 0 Å². The third kappa shape index (κ3) is 4.17. The second-order valence-corrected chi connectivity index (χ2v) is 5.50. The number of benzene rings is 1. The van der Waals surface area contributed by atoms with Gasteiger partial charge in [-0.05, 0) is 31.4 Å². The number of aliphatic hydroxyl groups excluding tert-OH is 1. The summed E-state index contributed by atoms with van der Waals surface area (Å²) in [6.45, 7) is 0.849. The van der Waals surface area contributed by atoms with Crippen molar-refractivity contribution >= 4 is 21.4 Å². The fraction of sp³-hybridized carbons (Fsp3) is 0.455. The summed E-state index contributed by atoms with van der Waals surface area (Å²) in [5.41, 5.74) is 6.45. The molecule has 0 spiro atoms. The van der Waals surface area contributed by atoms with Crippen molar-refractivity contribution in [2.75, 3.05) is 24.2 Å². The zero-order chi connectivity index (χ0) is 13.6. The van der Waals surface area contributed by atoms with E-state index < -0.39 is 10.0 Å². The average Bonchev–Trinajstić information content (AvgIpc) is 2.29. The molecule has 0 unspecified atom stereocenters. The summed E-state index contributed by atoms with van der Waals surface area (Å²) in [4.78, 5) is -0.0668. The highest BCUT2D eigenvalue weighted by molar-refractivity contribution is 7.89. The maximum atomic E-state index is 11.3. The van der Waals surface area contributed by atoms with E-state index in [4.69, 9.17) is 16.0 Å². The van der Waals surface area contributed by atoms with Gasteiger partial charge in [-0.2, -0.15) is 0 Å².